The number of rotatable bonds is 5. The van der Waals surface area contributed by atoms with Gasteiger partial charge in [-0.25, -0.2) is 0 Å². The molecule has 0 atom stereocenters. The second kappa shape index (κ2) is 5.69. The third kappa shape index (κ3) is 2.66. The molecule has 0 saturated carbocycles. The number of alkyl halides is 2. The zero-order chi connectivity index (χ0) is 13.1. The van der Waals surface area contributed by atoms with E-state index in [1.807, 2.05) is 0 Å². The van der Waals surface area contributed by atoms with Crippen LogP contribution in [-0.2, 0) is 4.74 Å². The third-order valence-corrected chi connectivity index (χ3v) is 2.90. The highest BCUT2D eigenvalue weighted by Crippen LogP contribution is 2.22. The Bertz CT molecular complexity index is 441. The first-order valence-corrected chi connectivity index (χ1v) is 6.33. The molecule has 1 aliphatic heterocycles. The van der Waals surface area contributed by atoms with Gasteiger partial charge in [-0.2, -0.15) is 0 Å². The van der Waals surface area contributed by atoms with Crippen molar-refractivity contribution >= 4 is 35.0 Å². The number of amides is 2. The molecular formula is C12H11Cl2NO3. The quantitative estimate of drug-likeness (QED) is 0.475. The van der Waals surface area contributed by atoms with E-state index in [0.717, 1.165) is 0 Å². The summed E-state index contributed by atoms with van der Waals surface area (Å²) >= 11 is 10.8. The minimum atomic E-state index is -0.882. The Morgan fingerprint density at radius 3 is 2.17 bits per heavy atom. The molecular weight excluding hydrogens is 277 g/mol. The maximum absolute atomic E-state index is 11.9. The predicted molar refractivity (Wildman–Crippen MR) is 67.9 cm³/mol. The van der Waals surface area contributed by atoms with Gasteiger partial charge in [0.2, 0.25) is 5.02 Å². The fourth-order valence-corrected chi connectivity index (χ4v) is 2.02. The van der Waals surface area contributed by atoms with Crippen molar-refractivity contribution in [2.45, 2.75) is 11.4 Å². The van der Waals surface area contributed by atoms with Crippen LogP contribution in [0, 0.1) is 0 Å². The van der Waals surface area contributed by atoms with Crippen LogP contribution in [0.15, 0.2) is 24.3 Å². The molecule has 96 valence electrons. The van der Waals surface area contributed by atoms with Crippen LogP contribution in [0.5, 0.6) is 0 Å². The van der Waals surface area contributed by atoms with Crippen molar-refractivity contribution in [2.24, 2.45) is 0 Å². The van der Waals surface area contributed by atoms with E-state index in [-0.39, 0.29) is 11.8 Å². The fourth-order valence-electron chi connectivity index (χ4n) is 1.84. The number of halogens is 2. The second-order valence-electron chi connectivity index (χ2n) is 3.79. The molecule has 4 nitrogen and oxygen atoms in total. The normalized spacial score (nSPS) is 14.5. The summed E-state index contributed by atoms with van der Waals surface area (Å²) in [6, 6.07) is 6.78. The lowest BCUT2D eigenvalue weighted by molar-refractivity contribution is 0.0632. The van der Waals surface area contributed by atoms with Crippen molar-refractivity contribution < 1.29 is 14.3 Å². The molecule has 0 bridgehead atoms. The van der Waals surface area contributed by atoms with Gasteiger partial charge in [-0.15, -0.1) is 0 Å². The Hall–Kier alpha value is -1.10. The van der Waals surface area contributed by atoms with Crippen LogP contribution in [0.4, 0.5) is 0 Å². The van der Waals surface area contributed by atoms with Gasteiger partial charge in [0.05, 0.1) is 17.7 Å². The molecule has 0 saturated heterocycles. The van der Waals surface area contributed by atoms with Gasteiger partial charge in [-0.3, -0.25) is 14.5 Å². The van der Waals surface area contributed by atoms with E-state index in [0.29, 0.717) is 30.7 Å². The van der Waals surface area contributed by atoms with Gasteiger partial charge in [-0.05, 0) is 18.6 Å². The van der Waals surface area contributed by atoms with Crippen molar-refractivity contribution in [1.29, 1.82) is 0 Å². The molecule has 1 heterocycles. The molecule has 0 aromatic heterocycles. The number of carbonyl (C=O) groups excluding carboxylic acids is 2. The Morgan fingerprint density at radius 1 is 1.11 bits per heavy atom. The van der Waals surface area contributed by atoms with Crippen LogP contribution in [0.1, 0.15) is 27.1 Å². The van der Waals surface area contributed by atoms with Gasteiger partial charge >= 0.3 is 0 Å². The summed E-state index contributed by atoms with van der Waals surface area (Å²) in [6.07, 6.45) is 0.501. The van der Waals surface area contributed by atoms with Crippen molar-refractivity contribution in [1.82, 2.24) is 4.90 Å². The summed E-state index contributed by atoms with van der Waals surface area (Å²) in [5.41, 5.74) is 0.909. The van der Waals surface area contributed by atoms with Crippen LogP contribution in [0.3, 0.4) is 0 Å². The topological polar surface area (TPSA) is 46.6 Å². The average Bonchev–Trinajstić information content (AvgIpc) is 2.59. The number of fused-ring (bicyclic) bond motifs is 1. The SMILES string of the molecule is O=C1c2ccccc2C(=O)N1CCCOC(Cl)Cl. The fraction of sp³-hybridized carbons (Fsp3) is 0.333. The third-order valence-electron chi connectivity index (χ3n) is 2.65. The standard InChI is InChI=1S/C12H11Cl2NO3/c13-12(14)18-7-3-6-15-10(16)8-4-1-2-5-9(8)11(15)17/h1-2,4-5,12H,3,6-7H2. The summed E-state index contributed by atoms with van der Waals surface area (Å²) in [6.45, 7) is 0.595. The molecule has 18 heavy (non-hydrogen) atoms. The Morgan fingerprint density at radius 2 is 1.67 bits per heavy atom. The number of carbonyl (C=O) groups is 2. The monoisotopic (exact) mass is 287 g/mol. The first-order valence-electron chi connectivity index (χ1n) is 5.46. The summed E-state index contributed by atoms with van der Waals surface area (Å²) in [7, 11) is 0. The number of ether oxygens (including phenoxy) is 1. The number of nitrogens with zero attached hydrogens (tertiary/aromatic N) is 1. The Labute approximate surface area is 114 Å². The number of hydrogen-bond acceptors (Lipinski definition) is 3. The van der Waals surface area contributed by atoms with Gasteiger partial charge in [-0.1, -0.05) is 35.3 Å². The predicted octanol–water partition coefficient (Wildman–Crippen LogP) is 2.45. The second-order valence-corrected chi connectivity index (χ2v) is 4.81. The summed E-state index contributed by atoms with van der Waals surface area (Å²) in [5, 5.41) is -0.882. The first kappa shape index (κ1) is 13.3. The molecule has 2 amide bonds. The van der Waals surface area contributed by atoms with Crippen LogP contribution in [-0.4, -0.2) is 34.9 Å². The molecule has 1 aliphatic rings. The van der Waals surface area contributed by atoms with E-state index in [1.165, 1.54) is 4.90 Å². The van der Waals surface area contributed by atoms with E-state index in [4.69, 9.17) is 27.9 Å². The summed E-state index contributed by atoms with van der Waals surface area (Å²) in [4.78, 5) is 25.1. The summed E-state index contributed by atoms with van der Waals surface area (Å²) < 4.78 is 4.93. The lowest BCUT2D eigenvalue weighted by atomic mass is 10.1. The lowest BCUT2D eigenvalue weighted by Gasteiger charge is -2.13. The van der Waals surface area contributed by atoms with Crippen molar-refractivity contribution in [3.63, 3.8) is 0 Å². The molecule has 0 spiro atoms. The molecule has 1 aromatic carbocycles. The van der Waals surface area contributed by atoms with Crippen LogP contribution in [0.2, 0.25) is 0 Å². The molecule has 2 rings (SSSR count). The van der Waals surface area contributed by atoms with Gasteiger partial charge in [0, 0.05) is 6.54 Å². The molecule has 0 aliphatic carbocycles. The minimum absolute atomic E-state index is 0.260. The van der Waals surface area contributed by atoms with E-state index in [1.54, 1.807) is 24.3 Å². The Kier molecular flexibility index (Phi) is 4.22. The Balaban J connectivity index is 1.97. The van der Waals surface area contributed by atoms with Crippen molar-refractivity contribution in [2.75, 3.05) is 13.2 Å². The minimum Gasteiger partial charge on any atom is -0.349 e. The molecule has 0 fully saturated rings. The van der Waals surface area contributed by atoms with E-state index in [2.05, 4.69) is 0 Å². The van der Waals surface area contributed by atoms with Gasteiger partial charge in [0.25, 0.3) is 11.8 Å². The summed E-state index contributed by atoms with van der Waals surface area (Å²) in [5.74, 6) is -0.521. The molecule has 0 N–H and O–H groups in total. The molecule has 0 radical (unpaired) electrons. The van der Waals surface area contributed by atoms with Gasteiger partial charge < -0.3 is 4.74 Å². The van der Waals surface area contributed by atoms with Crippen molar-refractivity contribution in [3.8, 4) is 0 Å². The molecule has 0 unspecified atom stereocenters. The molecule has 6 heteroatoms. The van der Waals surface area contributed by atoms with Crippen LogP contribution >= 0.6 is 23.2 Å². The smallest absolute Gasteiger partial charge is 0.261 e. The van der Waals surface area contributed by atoms with E-state index < -0.39 is 5.02 Å². The largest absolute Gasteiger partial charge is 0.349 e. The van der Waals surface area contributed by atoms with Crippen LogP contribution in [0.25, 0.3) is 0 Å². The maximum Gasteiger partial charge on any atom is 0.261 e. The highest BCUT2D eigenvalue weighted by molar-refractivity contribution is 6.43. The van der Waals surface area contributed by atoms with Crippen molar-refractivity contribution in [3.05, 3.63) is 35.4 Å². The zero-order valence-electron chi connectivity index (χ0n) is 9.44. The van der Waals surface area contributed by atoms with Gasteiger partial charge in [0.1, 0.15) is 0 Å². The number of hydrogen-bond donors (Lipinski definition) is 0. The lowest BCUT2D eigenvalue weighted by Crippen LogP contribution is -2.31. The zero-order valence-corrected chi connectivity index (χ0v) is 10.9. The van der Waals surface area contributed by atoms with E-state index >= 15 is 0 Å². The van der Waals surface area contributed by atoms with Gasteiger partial charge in [0.15, 0.2) is 0 Å². The highest BCUT2D eigenvalue weighted by atomic mass is 35.5. The average molecular weight is 288 g/mol. The number of imide groups is 1. The first-order chi connectivity index (χ1) is 8.61. The maximum atomic E-state index is 11.9. The van der Waals surface area contributed by atoms with Crippen LogP contribution < -0.4 is 0 Å². The highest BCUT2D eigenvalue weighted by Gasteiger charge is 2.34. The number of benzene rings is 1. The molecule has 1 aromatic rings. The van der Waals surface area contributed by atoms with E-state index in [9.17, 15) is 9.59 Å².